The van der Waals surface area contributed by atoms with Crippen LogP contribution in [0.1, 0.15) is 43.9 Å². The molecule has 2 aliphatic rings. The molecule has 9 heteroatoms. The number of thiophene rings is 1. The zero-order chi connectivity index (χ0) is 18.6. The van der Waals surface area contributed by atoms with Crippen molar-refractivity contribution in [3.63, 3.8) is 0 Å². The van der Waals surface area contributed by atoms with Gasteiger partial charge >= 0.3 is 0 Å². The third-order valence-corrected chi connectivity index (χ3v) is 8.86. The maximum Gasteiger partial charge on any atom is 0.252 e. The van der Waals surface area contributed by atoms with Crippen molar-refractivity contribution < 1.29 is 13.2 Å². The van der Waals surface area contributed by atoms with E-state index < -0.39 is 10.0 Å². The molecule has 1 aromatic heterocycles. The van der Waals surface area contributed by atoms with Crippen molar-refractivity contribution in [2.24, 2.45) is 5.41 Å². The van der Waals surface area contributed by atoms with Gasteiger partial charge in [0, 0.05) is 24.5 Å². The monoisotopic (exact) mass is 435 g/mol. The zero-order valence-electron chi connectivity index (χ0n) is 15.8. The molecule has 2 aliphatic heterocycles. The Morgan fingerprint density at radius 2 is 1.89 bits per heavy atom. The normalized spacial score (nSPS) is 20.6. The molecule has 1 amide bonds. The van der Waals surface area contributed by atoms with Gasteiger partial charge in [-0.2, -0.15) is 4.31 Å². The average molecular weight is 436 g/mol. The summed E-state index contributed by atoms with van der Waals surface area (Å²) >= 11 is 1.22. The second-order valence-corrected chi connectivity index (χ2v) is 11.0. The fraction of sp³-hybridized carbons (Fsp3) is 0.722. The van der Waals surface area contributed by atoms with Crippen LogP contribution in [-0.2, 0) is 21.2 Å². The molecule has 0 spiro atoms. The number of nitrogens with zero attached hydrogens (tertiary/aromatic N) is 1. The summed E-state index contributed by atoms with van der Waals surface area (Å²) in [5, 5.41) is 6.37. The highest BCUT2D eigenvalue weighted by Crippen LogP contribution is 2.28. The molecule has 0 atom stereocenters. The van der Waals surface area contributed by atoms with Gasteiger partial charge in [0.1, 0.15) is 4.21 Å². The number of hydrogen-bond donors (Lipinski definition) is 2. The van der Waals surface area contributed by atoms with Crippen LogP contribution in [0.2, 0.25) is 0 Å². The highest BCUT2D eigenvalue weighted by Gasteiger charge is 2.29. The van der Waals surface area contributed by atoms with Gasteiger partial charge in [0.05, 0.1) is 6.42 Å². The van der Waals surface area contributed by atoms with Gasteiger partial charge in [-0.25, -0.2) is 8.42 Å². The Balaban J connectivity index is 0.00000261. The Labute approximate surface area is 172 Å². The third-order valence-electron chi connectivity index (χ3n) is 5.40. The molecule has 2 fully saturated rings. The lowest BCUT2D eigenvalue weighted by Gasteiger charge is -2.34. The van der Waals surface area contributed by atoms with E-state index in [0.717, 1.165) is 50.1 Å². The molecule has 3 heterocycles. The molecule has 2 saturated heterocycles. The van der Waals surface area contributed by atoms with Crippen LogP contribution in [0, 0.1) is 5.41 Å². The van der Waals surface area contributed by atoms with Crippen molar-refractivity contribution >= 4 is 39.7 Å². The van der Waals surface area contributed by atoms with E-state index in [1.165, 1.54) is 11.3 Å². The van der Waals surface area contributed by atoms with Crippen LogP contribution in [0.5, 0.6) is 0 Å². The highest BCUT2D eigenvalue weighted by molar-refractivity contribution is 7.91. The van der Waals surface area contributed by atoms with Crippen LogP contribution in [0.4, 0.5) is 0 Å². The molecule has 27 heavy (non-hydrogen) atoms. The van der Waals surface area contributed by atoms with E-state index in [1.807, 2.05) is 0 Å². The Bertz CT molecular complexity index is 724. The Morgan fingerprint density at radius 1 is 1.22 bits per heavy atom. The van der Waals surface area contributed by atoms with Crippen molar-refractivity contribution in [3.05, 3.63) is 17.0 Å². The summed E-state index contributed by atoms with van der Waals surface area (Å²) in [5.74, 6) is -0.0338. The minimum atomic E-state index is -3.40. The predicted octanol–water partition coefficient (Wildman–Crippen LogP) is 2.39. The van der Waals surface area contributed by atoms with Gasteiger partial charge in [-0.15, -0.1) is 23.7 Å². The molecule has 154 valence electrons. The Morgan fingerprint density at radius 3 is 2.56 bits per heavy atom. The highest BCUT2D eigenvalue weighted by atomic mass is 35.5. The number of rotatable bonds is 6. The van der Waals surface area contributed by atoms with Crippen LogP contribution in [0.15, 0.2) is 16.3 Å². The maximum atomic E-state index is 12.7. The van der Waals surface area contributed by atoms with E-state index in [0.29, 0.717) is 23.8 Å². The van der Waals surface area contributed by atoms with Crippen LogP contribution >= 0.6 is 23.7 Å². The smallest absolute Gasteiger partial charge is 0.252 e. The molecule has 2 N–H and O–H groups in total. The lowest BCUT2D eigenvalue weighted by Crippen LogP contribution is -2.43. The summed E-state index contributed by atoms with van der Waals surface area (Å²) in [4.78, 5) is 13.1. The first-order valence-corrected chi connectivity index (χ1v) is 11.7. The molecule has 0 bridgehead atoms. The number of carbonyl (C=O) groups is 1. The van der Waals surface area contributed by atoms with Gasteiger partial charge < -0.3 is 10.6 Å². The SMILES string of the molecule is CC1(CNC(=O)Cc2ccc(S(=O)(=O)N3CCCCC3)s2)CCNCC1.Cl. The Hall–Kier alpha value is -0.670. The van der Waals surface area contributed by atoms with E-state index in [1.54, 1.807) is 16.4 Å². The minimum Gasteiger partial charge on any atom is -0.355 e. The van der Waals surface area contributed by atoms with Crippen LogP contribution in [-0.4, -0.2) is 51.4 Å². The fourth-order valence-electron chi connectivity index (χ4n) is 3.56. The summed E-state index contributed by atoms with van der Waals surface area (Å²) in [6, 6.07) is 3.42. The quantitative estimate of drug-likeness (QED) is 0.719. The van der Waals surface area contributed by atoms with Crippen LogP contribution in [0.3, 0.4) is 0 Å². The number of hydrogen-bond acceptors (Lipinski definition) is 5. The lowest BCUT2D eigenvalue weighted by molar-refractivity contribution is -0.121. The van der Waals surface area contributed by atoms with Crippen molar-refractivity contribution in [2.75, 3.05) is 32.7 Å². The summed E-state index contributed by atoms with van der Waals surface area (Å²) in [5.41, 5.74) is 0.152. The molecule has 1 aromatic rings. The van der Waals surface area contributed by atoms with E-state index in [-0.39, 0.29) is 30.2 Å². The third kappa shape index (κ3) is 5.90. The van der Waals surface area contributed by atoms with E-state index >= 15 is 0 Å². The molecule has 0 aromatic carbocycles. The molecule has 0 saturated carbocycles. The number of carbonyl (C=O) groups excluding carboxylic acids is 1. The summed E-state index contributed by atoms with van der Waals surface area (Å²) in [7, 11) is -3.40. The lowest BCUT2D eigenvalue weighted by atomic mass is 9.81. The standard InChI is InChI=1S/C18H29N3O3S2.ClH/c1-18(7-9-19-10-8-18)14-20-16(22)13-15-5-6-17(25-15)26(23,24)21-11-3-2-4-12-21;/h5-6,19H,2-4,7-14H2,1H3,(H,20,22);1H. The number of nitrogens with one attached hydrogen (secondary N) is 2. The van der Waals surface area contributed by atoms with Crippen molar-refractivity contribution in [2.45, 2.75) is 49.7 Å². The number of piperidine rings is 2. The van der Waals surface area contributed by atoms with Gasteiger partial charge in [0.25, 0.3) is 10.0 Å². The van der Waals surface area contributed by atoms with Crippen molar-refractivity contribution in [3.8, 4) is 0 Å². The van der Waals surface area contributed by atoms with Gasteiger partial charge in [0.15, 0.2) is 0 Å². The first kappa shape index (κ1) is 22.6. The largest absolute Gasteiger partial charge is 0.355 e. The Kier molecular flexibility index (Phi) is 8.12. The first-order valence-electron chi connectivity index (χ1n) is 9.45. The van der Waals surface area contributed by atoms with E-state index in [4.69, 9.17) is 0 Å². The summed E-state index contributed by atoms with van der Waals surface area (Å²) in [6.45, 7) is 6.08. The van der Waals surface area contributed by atoms with Crippen LogP contribution in [0.25, 0.3) is 0 Å². The van der Waals surface area contributed by atoms with Gasteiger partial charge in [-0.05, 0) is 56.3 Å². The predicted molar refractivity (Wildman–Crippen MR) is 111 cm³/mol. The molecule has 0 radical (unpaired) electrons. The molecule has 0 aliphatic carbocycles. The molecule has 6 nitrogen and oxygen atoms in total. The van der Waals surface area contributed by atoms with Crippen molar-refractivity contribution in [1.82, 2.24) is 14.9 Å². The maximum absolute atomic E-state index is 12.7. The van der Waals surface area contributed by atoms with E-state index in [9.17, 15) is 13.2 Å². The number of sulfonamides is 1. The van der Waals surface area contributed by atoms with Crippen LogP contribution < -0.4 is 10.6 Å². The molecular formula is C18H30ClN3O3S2. The van der Waals surface area contributed by atoms with Gasteiger partial charge in [-0.3, -0.25) is 4.79 Å². The van der Waals surface area contributed by atoms with Gasteiger partial charge in [0.2, 0.25) is 5.91 Å². The number of amides is 1. The summed E-state index contributed by atoms with van der Waals surface area (Å²) < 4.78 is 27.3. The van der Waals surface area contributed by atoms with E-state index in [2.05, 4.69) is 17.6 Å². The zero-order valence-corrected chi connectivity index (χ0v) is 18.3. The molecule has 3 rings (SSSR count). The van der Waals surface area contributed by atoms with Crippen molar-refractivity contribution in [1.29, 1.82) is 0 Å². The second kappa shape index (κ2) is 9.69. The summed E-state index contributed by atoms with van der Waals surface area (Å²) in [6.07, 6.45) is 5.31. The fourth-order valence-corrected chi connectivity index (χ4v) is 6.59. The molecular weight excluding hydrogens is 406 g/mol. The minimum absolute atomic E-state index is 0. The average Bonchev–Trinajstić information content (AvgIpc) is 3.11. The topological polar surface area (TPSA) is 78.5 Å². The van der Waals surface area contributed by atoms with Gasteiger partial charge in [-0.1, -0.05) is 13.3 Å². The first-order chi connectivity index (χ1) is 12.4. The molecule has 0 unspecified atom stereocenters. The number of halogens is 1. The second-order valence-electron chi connectivity index (χ2n) is 7.70.